The van der Waals surface area contributed by atoms with Crippen molar-refractivity contribution in [2.24, 2.45) is 0 Å². The van der Waals surface area contributed by atoms with Crippen LogP contribution in [0, 0.1) is 0 Å². The Labute approximate surface area is 103 Å². The van der Waals surface area contributed by atoms with Crippen LogP contribution in [0.2, 0.25) is 3.67 Å². The fourth-order valence-corrected chi connectivity index (χ4v) is 0. The smallest absolute Gasteiger partial charge is 0.813 e. The maximum atomic E-state index is 8.52. The maximum Gasteiger partial charge on any atom is 4.00 e. The molecule has 0 aliphatic heterocycles. The van der Waals surface area contributed by atoms with Crippen LogP contribution in [0.1, 0.15) is 6.92 Å². The van der Waals surface area contributed by atoms with E-state index in [1.807, 2.05) is 0 Å². The molecule has 0 aliphatic carbocycles. The van der Waals surface area contributed by atoms with Crippen LogP contribution in [0.3, 0.4) is 0 Å². The number of rotatable bonds is 0. The summed E-state index contributed by atoms with van der Waals surface area (Å²) in [6.45, 7) is 2.19. The van der Waals surface area contributed by atoms with E-state index in [9.17, 15) is 0 Å². The van der Waals surface area contributed by atoms with E-state index < -0.39 is 16.5 Å². The van der Waals surface area contributed by atoms with Gasteiger partial charge in [0.2, 0.25) is 0 Å². The van der Waals surface area contributed by atoms with E-state index in [1.165, 1.54) is 31.6 Å². The predicted octanol–water partition coefficient (Wildman–Crippen LogP) is -3.22. The van der Waals surface area contributed by atoms with Crippen LogP contribution in [0.15, 0.2) is 0 Å². The molecule has 0 saturated carbocycles. The second kappa shape index (κ2) is 23.1. The summed E-state index contributed by atoms with van der Waals surface area (Å²) in [6.07, 6.45) is 0. The summed E-state index contributed by atoms with van der Waals surface area (Å²) in [7, 11) is -7.26. The summed E-state index contributed by atoms with van der Waals surface area (Å²) in [5, 5.41) is 0. The molecule has 0 saturated heterocycles. The third-order valence-corrected chi connectivity index (χ3v) is 0. The molecule has 69 valence electrons. The first-order valence-corrected chi connectivity index (χ1v) is 6.50. The van der Waals surface area contributed by atoms with Crippen molar-refractivity contribution < 1.29 is 49.1 Å². The van der Waals surface area contributed by atoms with Gasteiger partial charge in [0, 0.05) is 0 Å². The SMILES string of the molecule is C[CH2][Na].O=[PH]([O-])[O-].O=[PH]([O-])[O-].[Re+4]. The van der Waals surface area contributed by atoms with Gasteiger partial charge in [-0.2, -0.15) is 0 Å². The average molecular weight is 398 g/mol. The zero-order valence-corrected chi connectivity index (χ0v) is 13.3. The molecule has 12 heavy (non-hydrogen) atoms. The molecule has 0 N–H and O–H groups in total. The first-order chi connectivity index (χ1) is 4.88. The Morgan fingerprint density at radius 3 is 1.08 bits per heavy atom. The van der Waals surface area contributed by atoms with Crippen LogP contribution < -0.4 is 19.6 Å². The molecule has 6 nitrogen and oxygen atoms in total. The van der Waals surface area contributed by atoms with Gasteiger partial charge >= 0.3 is 58.9 Å². The van der Waals surface area contributed by atoms with Crippen LogP contribution in [0.5, 0.6) is 0 Å². The summed E-state index contributed by atoms with van der Waals surface area (Å²) in [4.78, 5) is 34.1. The molecular weight excluding hydrogens is 391 g/mol. The quantitative estimate of drug-likeness (QED) is 0.312. The minimum atomic E-state index is -3.63. The first-order valence-electron chi connectivity index (χ1n) is 2.64. The molecule has 0 aromatic carbocycles. The van der Waals surface area contributed by atoms with Gasteiger partial charge in [-0.3, -0.25) is 0 Å². The van der Waals surface area contributed by atoms with Gasteiger partial charge in [-0.25, -0.2) is 0 Å². The van der Waals surface area contributed by atoms with Crippen molar-refractivity contribution in [3.05, 3.63) is 0 Å². The average Bonchev–Trinajstić information content (AvgIpc) is 1.60. The summed E-state index contributed by atoms with van der Waals surface area (Å²) in [5.74, 6) is 0. The van der Waals surface area contributed by atoms with E-state index >= 15 is 0 Å². The molecule has 0 spiro atoms. The Morgan fingerprint density at radius 1 is 1.08 bits per heavy atom. The monoisotopic (exact) mass is 399 g/mol. The van der Waals surface area contributed by atoms with Crippen molar-refractivity contribution in [3.63, 3.8) is 0 Å². The van der Waals surface area contributed by atoms with Crippen LogP contribution in [0.4, 0.5) is 0 Å². The van der Waals surface area contributed by atoms with Crippen molar-refractivity contribution >= 4 is 44.4 Å². The molecule has 10 heteroatoms. The van der Waals surface area contributed by atoms with Gasteiger partial charge in [0.15, 0.2) is 0 Å². The van der Waals surface area contributed by atoms with E-state index in [0.29, 0.717) is 0 Å². The predicted molar refractivity (Wildman–Crippen MR) is 34.2 cm³/mol. The molecule has 1 radical (unpaired) electrons. The van der Waals surface area contributed by atoms with Crippen LogP contribution in [-0.2, 0) is 29.6 Å². The molecule has 0 aromatic heterocycles. The summed E-state index contributed by atoms with van der Waals surface area (Å²) < 4.78 is 18.4. The van der Waals surface area contributed by atoms with Crippen molar-refractivity contribution in [2.45, 2.75) is 10.6 Å². The second-order valence-corrected chi connectivity index (χ2v) is 3.62. The van der Waals surface area contributed by atoms with Crippen molar-refractivity contribution in [2.75, 3.05) is 0 Å². The Bertz CT molecular complexity index is 91.7. The van der Waals surface area contributed by atoms with Crippen molar-refractivity contribution in [1.29, 1.82) is 0 Å². The van der Waals surface area contributed by atoms with Gasteiger partial charge in [-0.1, -0.05) is 16.5 Å². The normalized spacial score (nSPS) is 7.42. The van der Waals surface area contributed by atoms with Gasteiger partial charge in [0.25, 0.3) is 0 Å². The summed E-state index contributed by atoms with van der Waals surface area (Å²) in [5.41, 5.74) is 0. The summed E-state index contributed by atoms with van der Waals surface area (Å²) in [6, 6.07) is 0. The van der Waals surface area contributed by atoms with Crippen LogP contribution in [0.25, 0.3) is 0 Å². The molecule has 0 atom stereocenters. The molecule has 0 amide bonds. The first kappa shape index (κ1) is 23.6. The van der Waals surface area contributed by atoms with E-state index in [4.69, 9.17) is 28.7 Å². The van der Waals surface area contributed by atoms with Gasteiger partial charge in [0.05, 0.1) is 0 Å². The Morgan fingerprint density at radius 2 is 1.08 bits per heavy atom. The minimum Gasteiger partial charge on any atom is -0.813 e. The number of hydrogen-bond donors (Lipinski definition) is 0. The molecule has 0 aliphatic rings. The van der Waals surface area contributed by atoms with Gasteiger partial charge in [0.1, 0.15) is 0 Å². The van der Waals surface area contributed by atoms with Gasteiger partial charge in [-0.05, 0) is 0 Å². The Balaban J connectivity index is -0.0000000389. The standard InChI is InChI=1S/C2H5.Na.2H3O3P.Re/c1-2;;2*1-4(2)3;/h1H2,2H3;;2*4H,(H2,1,2,3);/q;;;;+4/p-4. The molecule has 0 unspecified atom stereocenters. The molecular formula is C2H7NaO6P2Re. The fraction of sp³-hybridized carbons (Fsp3) is 1.00. The van der Waals surface area contributed by atoms with Gasteiger partial charge < -0.3 is 28.7 Å². The Kier molecular flexibility index (Phi) is 45.5. The topological polar surface area (TPSA) is 126 Å². The van der Waals surface area contributed by atoms with E-state index in [1.54, 1.807) is 0 Å². The molecule has 0 fully saturated rings. The van der Waals surface area contributed by atoms with Crippen LogP contribution in [-0.4, -0.2) is 27.9 Å². The van der Waals surface area contributed by atoms with E-state index in [0.717, 1.165) is 0 Å². The zero-order chi connectivity index (χ0) is 9.86. The third kappa shape index (κ3) is 373. The molecule has 0 aromatic rings. The summed E-state index contributed by atoms with van der Waals surface area (Å²) >= 11 is 1.37. The zero-order valence-electron chi connectivity index (χ0n) is 6.53. The third-order valence-electron chi connectivity index (χ3n) is 0. The second-order valence-electron chi connectivity index (χ2n) is 1.21. The van der Waals surface area contributed by atoms with E-state index in [2.05, 4.69) is 6.92 Å². The number of hydrogen-bond acceptors (Lipinski definition) is 6. The maximum absolute atomic E-state index is 8.52. The van der Waals surface area contributed by atoms with Gasteiger partial charge in [-0.15, -0.1) is 0 Å². The van der Waals surface area contributed by atoms with Crippen LogP contribution >= 0.6 is 16.5 Å². The Hall–Kier alpha value is 1.96. The molecule has 0 bridgehead atoms. The molecule has 0 rings (SSSR count). The van der Waals surface area contributed by atoms with Crippen molar-refractivity contribution in [3.8, 4) is 0 Å². The fourth-order valence-electron chi connectivity index (χ4n) is 0. The molecule has 0 heterocycles. The minimum absolute atomic E-state index is 0. The van der Waals surface area contributed by atoms with Crippen molar-refractivity contribution in [1.82, 2.24) is 0 Å². The van der Waals surface area contributed by atoms with E-state index in [-0.39, 0.29) is 20.4 Å². The largest absolute Gasteiger partial charge is 4.00 e.